The van der Waals surface area contributed by atoms with Crippen molar-refractivity contribution in [1.82, 2.24) is 4.90 Å². The molecule has 1 atom stereocenters. The second-order valence-corrected chi connectivity index (χ2v) is 4.80. The maximum Gasteiger partial charge on any atom is 0.325 e. The van der Waals surface area contributed by atoms with Gasteiger partial charge in [0.25, 0.3) is 0 Å². The lowest BCUT2D eigenvalue weighted by molar-refractivity contribution is -0.146. The molecule has 0 aromatic heterocycles. The van der Waals surface area contributed by atoms with Crippen molar-refractivity contribution in [3.8, 4) is 0 Å². The lowest BCUT2D eigenvalue weighted by Gasteiger charge is -2.24. The van der Waals surface area contributed by atoms with Crippen molar-refractivity contribution in [3.05, 3.63) is 0 Å². The minimum absolute atomic E-state index is 0.325. The van der Waals surface area contributed by atoms with E-state index in [9.17, 15) is 4.79 Å². The molecule has 4 heteroatoms. The highest BCUT2D eigenvalue weighted by Gasteiger charge is 2.28. The van der Waals surface area contributed by atoms with Gasteiger partial charge in [-0.15, -0.1) is 0 Å². The zero-order chi connectivity index (χ0) is 13.3. The third-order valence-corrected chi connectivity index (χ3v) is 3.10. The van der Waals surface area contributed by atoms with Gasteiger partial charge in [-0.1, -0.05) is 20.3 Å². The molecule has 0 bridgehead atoms. The van der Waals surface area contributed by atoms with Crippen molar-refractivity contribution in [3.63, 3.8) is 0 Å². The fourth-order valence-electron chi connectivity index (χ4n) is 1.81. The normalized spacial score (nSPS) is 14.7. The van der Waals surface area contributed by atoms with E-state index in [1.807, 2.05) is 0 Å². The zero-order valence-electron chi connectivity index (χ0n) is 11.8. The van der Waals surface area contributed by atoms with Crippen molar-refractivity contribution < 1.29 is 9.53 Å². The molecule has 0 aliphatic carbocycles. The summed E-state index contributed by atoms with van der Waals surface area (Å²) < 4.78 is 4.69. The lowest BCUT2D eigenvalue weighted by Crippen LogP contribution is -2.46. The van der Waals surface area contributed by atoms with Crippen LogP contribution in [-0.4, -0.2) is 43.2 Å². The molecule has 0 fully saturated rings. The van der Waals surface area contributed by atoms with E-state index >= 15 is 0 Å². The van der Waals surface area contributed by atoms with Gasteiger partial charge >= 0.3 is 5.97 Å². The molecule has 17 heavy (non-hydrogen) atoms. The van der Waals surface area contributed by atoms with Gasteiger partial charge in [0.05, 0.1) is 7.11 Å². The predicted molar refractivity (Wildman–Crippen MR) is 70.9 cm³/mol. The highest BCUT2D eigenvalue weighted by Crippen LogP contribution is 2.11. The van der Waals surface area contributed by atoms with Gasteiger partial charge in [-0.3, -0.25) is 4.79 Å². The molecule has 0 radical (unpaired) electrons. The Balaban J connectivity index is 3.91. The Morgan fingerprint density at radius 2 is 1.88 bits per heavy atom. The summed E-state index contributed by atoms with van der Waals surface area (Å²) in [6, 6.07) is 0. The number of methoxy groups -OCH3 is 1. The van der Waals surface area contributed by atoms with Crippen LogP contribution in [0.4, 0.5) is 0 Å². The molecule has 0 aliphatic heterocycles. The molecule has 4 nitrogen and oxygen atoms in total. The van der Waals surface area contributed by atoms with Crippen molar-refractivity contribution >= 4 is 5.97 Å². The van der Waals surface area contributed by atoms with Crippen LogP contribution in [0.3, 0.4) is 0 Å². The average molecular weight is 244 g/mol. The van der Waals surface area contributed by atoms with Gasteiger partial charge in [-0.25, -0.2) is 0 Å². The second-order valence-electron chi connectivity index (χ2n) is 4.80. The Bertz CT molecular complexity index is 217. The van der Waals surface area contributed by atoms with Crippen LogP contribution in [0.15, 0.2) is 0 Å². The van der Waals surface area contributed by atoms with Gasteiger partial charge in [-0.05, 0) is 45.8 Å². The summed E-state index contributed by atoms with van der Waals surface area (Å²) in [5.74, 6) is -0.325. The minimum atomic E-state index is -0.848. The van der Waals surface area contributed by atoms with Gasteiger partial charge in [-0.2, -0.15) is 0 Å². The number of hydrogen-bond donors (Lipinski definition) is 1. The summed E-state index contributed by atoms with van der Waals surface area (Å²) in [5, 5.41) is 0. The molecule has 0 saturated heterocycles. The fraction of sp³-hybridized carbons (Fsp3) is 0.923. The van der Waals surface area contributed by atoms with Crippen LogP contribution in [0.2, 0.25) is 0 Å². The summed E-state index contributed by atoms with van der Waals surface area (Å²) in [6.07, 6.45) is 4.04. The van der Waals surface area contributed by atoms with Crippen LogP contribution in [-0.2, 0) is 9.53 Å². The largest absolute Gasteiger partial charge is 0.468 e. The first-order chi connectivity index (χ1) is 7.97. The smallest absolute Gasteiger partial charge is 0.325 e. The summed E-state index contributed by atoms with van der Waals surface area (Å²) in [5.41, 5.74) is 5.06. The summed E-state index contributed by atoms with van der Waals surface area (Å²) in [4.78, 5) is 13.8. The number of rotatable bonds is 9. The van der Waals surface area contributed by atoms with Crippen LogP contribution in [0.5, 0.6) is 0 Å². The Morgan fingerprint density at radius 1 is 1.29 bits per heavy atom. The van der Waals surface area contributed by atoms with Gasteiger partial charge in [0, 0.05) is 0 Å². The molecule has 0 aromatic rings. The molecule has 0 aliphatic rings. The highest BCUT2D eigenvalue weighted by molar-refractivity contribution is 5.79. The molecule has 0 amide bonds. The van der Waals surface area contributed by atoms with Crippen molar-refractivity contribution in [2.24, 2.45) is 5.73 Å². The molecular weight excluding hydrogens is 216 g/mol. The van der Waals surface area contributed by atoms with Crippen LogP contribution in [0, 0.1) is 0 Å². The Labute approximate surface area is 105 Å². The number of nitrogens with two attached hydrogens (primary N) is 1. The third kappa shape index (κ3) is 6.64. The summed E-state index contributed by atoms with van der Waals surface area (Å²) in [7, 11) is 1.38. The molecule has 0 spiro atoms. The van der Waals surface area contributed by atoms with Crippen molar-refractivity contribution in [2.75, 3.05) is 26.7 Å². The average Bonchev–Trinajstić information content (AvgIpc) is 2.32. The van der Waals surface area contributed by atoms with E-state index in [1.165, 1.54) is 20.0 Å². The highest BCUT2D eigenvalue weighted by atomic mass is 16.5. The maximum absolute atomic E-state index is 11.4. The third-order valence-electron chi connectivity index (χ3n) is 3.10. The van der Waals surface area contributed by atoms with Crippen LogP contribution < -0.4 is 5.73 Å². The summed E-state index contributed by atoms with van der Waals surface area (Å²) in [6.45, 7) is 9.28. The summed E-state index contributed by atoms with van der Waals surface area (Å²) >= 11 is 0. The molecule has 102 valence electrons. The molecule has 0 rings (SSSR count). The Hall–Kier alpha value is -0.610. The lowest BCUT2D eigenvalue weighted by atomic mass is 9.97. The van der Waals surface area contributed by atoms with Gasteiger partial charge in [0.1, 0.15) is 5.54 Å². The first kappa shape index (κ1) is 16.4. The maximum atomic E-state index is 11.4. The first-order valence-electron chi connectivity index (χ1n) is 6.57. The Morgan fingerprint density at radius 3 is 2.35 bits per heavy atom. The first-order valence-corrected chi connectivity index (χ1v) is 6.57. The Kier molecular flexibility index (Phi) is 8.17. The van der Waals surface area contributed by atoms with Gasteiger partial charge in [0.2, 0.25) is 0 Å². The molecule has 0 saturated carbocycles. The van der Waals surface area contributed by atoms with Crippen molar-refractivity contribution in [1.29, 1.82) is 0 Å². The van der Waals surface area contributed by atoms with E-state index in [-0.39, 0.29) is 5.97 Å². The predicted octanol–water partition coefficient (Wildman–Crippen LogP) is 1.78. The quantitative estimate of drug-likeness (QED) is 0.628. The van der Waals surface area contributed by atoms with Crippen LogP contribution in [0.1, 0.15) is 46.5 Å². The van der Waals surface area contributed by atoms with E-state index in [0.717, 1.165) is 26.1 Å². The second kappa shape index (κ2) is 8.48. The molecule has 0 aromatic carbocycles. The SMILES string of the molecule is CCCCN(CC)CCCC(C)(N)C(=O)OC. The molecular formula is C13H28N2O2. The number of nitrogens with zero attached hydrogens (tertiary/aromatic N) is 1. The van der Waals surface area contributed by atoms with Gasteiger partial charge in [0.15, 0.2) is 0 Å². The van der Waals surface area contributed by atoms with E-state index in [4.69, 9.17) is 5.73 Å². The monoisotopic (exact) mass is 244 g/mol. The number of carbonyl (C=O) groups excluding carboxylic acids is 1. The molecule has 1 unspecified atom stereocenters. The van der Waals surface area contributed by atoms with E-state index in [0.29, 0.717) is 6.42 Å². The van der Waals surface area contributed by atoms with Gasteiger partial charge < -0.3 is 15.4 Å². The molecule has 0 heterocycles. The van der Waals surface area contributed by atoms with E-state index < -0.39 is 5.54 Å². The topological polar surface area (TPSA) is 55.6 Å². The number of hydrogen-bond acceptors (Lipinski definition) is 4. The minimum Gasteiger partial charge on any atom is -0.468 e. The number of esters is 1. The molecule has 2 N–H and O–H groups in total. The van der Waals surface area contributed by atoms with Crippen molar-refractivity contribution in [2.45, 2.75) is 52.0 Å². The number of carbonyl (C=O) groups is 1. The number of ether oxygens (including phenoxy) is 1. The number of unbranched alkanes of at least 4 members (excludes halogenated alkanes) is 1. The van der Waals surface area contributed by atoms with E-state index in [2.05, 4.69) is 23.5 Å². The standard InChI is InChI=1S/C13H28N2O2/c1-5-7-10-15(6-2)11-8-9-13(3,14)12(16)17-4/h5-11,14H2,1-4H3. The van der Waals surface area contributed by atoms with Crippen LogP contribution in [0.25, 0.3) is 0 Å². The van der Waals surface area contributed by atoms with E-state index in [1.54, 1.807) is 6.92 Å². The zero-order valence-corrected chi connectivity index (χ0v) is 11.8. The fourth-order valence-corrected chi connectivity index (χ4v) is 1.81. The van der Waals surface area contributed by atoms with Crippen LogP contribution >= 0.6 is 0 Å².